The molecule has 1 aromatic carbocycles. The van der Waals surface area contributed by atoms with Crippen molar-refractivity contribution < 1.29 is 14.2 Å². The average Bonchev–Trinajstić information content (AvgIpc) is 2.45. The van der Waals surface area contributed by atoms with Crippen molar-refractivity contribution in [3.63, 3.8) is 0 Å². The number of nitrogens with one attached hydrogen (secondary N) is 1. The third-order valence-electron chi connectivity index (χ3n) is 3.06. The largest absolute Gasteiger partial charge is 0.497 e. The van der Waals surface area contributed by atoms with E-state index < -0.39 is 0 Å². The van der Waals surface area contributed by atoms with E-state index in [0.29, 0.717) is 19.1 Å². The highest BCUT2D eigenvalue weighted by Crippen LogP contribution is 2.29. The molecule has 1 unspecified atom stereocenters. The smallest absolute Gasteiger partial charge is 0.127 e. The zero-order chi connectivity index (χ0) is 15.0. The van der Waals surface area contributed by atoms with Gasteiger partial charge in [-0.3, -0.25) is 0 Å². The quantitative estimate of drug-likeness (QED) is 0.706. The zero-order valence-corrected chi connectivity index (χ0v) is 13.2. The maximum atomic E-state index is 5.84. The zero-order valence-electron chi connectivity index (χ0n) is 13.2. The van der Waals surface area contributed by atoms with Crippen LogP contribution in [-0.4, -0.2) is 34.0 Å². The van der Waals surface area contributed by atoms with Crippen LogP contribution in [0.3, 0.4) is 0 Å². The number of methoxy groups -OCH3 is 1. The Bertz CT molecular complexity index is 393. The molecule has 4 heteroatoms. The molecule has 0 aliphatic heterocycles. The highest BCUT2D eigenvalue weighted by Gasteiger charge is 2.11. The van der Waals surface area contributed by atoms with E-state index in [1.54, 1.807) is 7.11 Å². The summed E-state index contributed by atoms with van der Waals surface area (Å²) in [6, 6.07) is 6.13. The molecule has 20 heavy (non-hydrogen) atoms. The lowest BCUT2D eigenvalue weighted by molar-refractivity contribution is 0.0814. The van der Waals surface area contributed by atoms with E-state index in [2.05, 4.69) is 26.1 Å². The van der Waals surface area contributed by atoms with E-state index in [9.17, 15) is 0 Å². The van der Waals surface area contributed by atoms with Gasteiger partial charge >= 0.3 is 0 Å². The molecule has 4 nitrogen and oxygen atoms in total. The van der Waals surface area contributed by atoms with Crippen molar-refractivity contribution in [2.75, 3.05) is 34.0 Å². The topological polar surface area (TPSA) is 39.7 Å². The second kappa shape index (κ2) is 8.82. The Hall–Kier alpha value is -1.26. The van der Waals surface area contributed by atoms with Gasteiger partial charge in [-0.05, 0) is 26.0 Å². The Kier molecular flexibility index (Phi) is 7.41. The highest BCUT2D eigenvalue weighted by atomic mass is 16.5. The van der Waals surface area contributed by atoms with Gasteiger partial charge in [0.15, 0.2) is 0 Å². The molecular formula is C16H27NO3. The summed E-state index contributed by atoms with van der Waals surface area (Å²) in [4.78, 5) is 0. The molecule has 0 fully saturated rings. The standard InChI is InChI=1S/C16H27NO3/c1-12(2)11-19-8-9-20-16-10-14(18-5)6-7-15(16)13(3)17-4/h6-7,10,12-13,17H,8-9,11H2,1-5H3. The first-order chi connectivity index (χ1) is 9.58. The van der Waals surface area contributed by atoms with Crippen molar-refractivity contribution >= 4 is 0 Å². The van der Waals surface area contributed by atoms with Crippen molar-refractivity contribution in [1.29, 1.82) is 0 Å². The molecule has 0 saturated carbocycles. The molecule has 114 valence electrons. The van der Waals surface area contributed by atoms with Crippen LogP contribution in [0.5, 0.6) is 11.5 Å². The Balaban J connectivity index is 2.61. The first kappa shape index (κ1) is 16.8. The minimum absolute atomic E-state index is 0.229. The minimum atomic E-state index is 0.229. The van der Waals surface area contributed by atoms with Gasteiger partial charge in [-0.2, -0.15) is 0 Å². The summed E-state index contributed by atoms with van der Waals surface area (Å²) in [5, 5.41) is 3.22. The minimum Gasteiger partial charge on any atom is -0.497 e. The van der Waals surface area contributed by atoms with Gasteiger partial charge in [0.05, 0.1) is 13.7 Å². The predicted octanol–water partition coefficient (Wildman–Crippen LogP) is 3.03. The van der Waals surface area contributed by atoms with E-state index in [1.165, 1.54) is 0 Å². The summed E-state index contributed by atoms with van der Waals surface area (Å²) in [6.45, 7) is 8.28. The fraction of sp³-hybridized carbons (Fsp3) is 0.625. The van der Waals surface area contributed by atoms with E-state index in [0.717, 1.165) is 23.7 Å². The summed E-state index contributed by atoms with van der Waals surface area (Å²) in [6.07, 6.45) is 0. The first-order valence-electron chi connectivity index (χ1n) is 7.14. The van der Waals surface area contributed by atoms with Crippen LogP contribution in [0.25, 0.3) is 0 Å². The van der Waals surface area contributed by atoms with Crippen LogP contribution in [-0.2, 0) is 4.74 Å². The van der Waals surface area contributed by atoms with Gasteiger partial charge in [0.2, 0.25) is 0 Å². The Morgan fingerprint density at radius 1 is 1.15 bits per heavy atom. The fourth-order valence-corrected chi connectivity index (χ4v) is 1.81. The van der Waals surface area contributed by atoms with E-state index in [4.69, 9.17) is 14.2 Å². The Labute approximate surface area is 122 Å². The molecule has 0 bridgehead atoms. The van der Waals surface area contributed by atoms with Crippen LogP contribution < -0.4 is 14.8 Å². The summed E-state index contributed by atoms with van der Waals surface area (Å²) in [5.41, 5.74) is 1.12. The predicted molar refractivity (Wildman–Crippen MR) is 81.6 cm³/mol. The summed E-state index contributed by atoms with van der Waals surface area (Å²) in [7, 11) is 3.59. The average molecular weight is 281 g/mol. The van der Waals surface area contributed by atoms with Crippen LogP contribution in [0.1, 0.15) is 32.4 Å². The number of benzene rings is 1. The lowest BCUT2D eigenvalue weighted by atomic mass is 10.1. The number of hydrogen-bond acceptors (Lipinski definition) is 4. The Morgan fingerprint density at radius 3 is 2.50 bits per heavy atom. The summed E-state index contributed by atoms with van der Waals surface area (Å²) < 4.78 is 16.6. The van der Waals surface area contributed by atoms with Crippen LogP contribution in [0.2, 0.25) is 0 Å². The van der Waals surface area contributed by atoms with Crippen molar-refractivity contribution in [2.24, 2.45) is 5.92 Å². The summed E-state index contributed by atoms with van der Waals surface area (Å²) in [5.74, 6) is 2.20. The van der Waals surface area contributed by atoms with Crippen molar-refractivity contribution in [1.82, 2.24) is 5.32 Å². The van der Waals surface area contributed by atoms with Gasteiger partial charge in [-0.25, -0.2) is 0 Å². The molecule has 0 spiro atoms. The third-order valence-corrected chi connectivity index (χ3v) is 3.06. The molecule has 1 rings (SSSR count). The molecular weight excluding hydrogens is 254 g/mol. The monoisotopic (exact) mass is 281 g/mol. The molecule has 0 amide bonds. The van der Waals surface area contributed by atoms with Crippen molar-refractivity contribution in [3.8, 4) is 11.5 Å². The first-order valence-corrected chi connectivity index (χ1v) is 7.14. The van der Waals surface area contributed by atoms with Crippen LogP contribution in [0, 0.1) is 5.92 Å². The van der Waals surface area contributed by atoms with Crippen molar-refractivity contribution in [2.45, 2.75) is 26.8 Å². The molecule has 0 radical (unpaired) electrons. The van der Waals surface area contributed by atoms with E-state index in [1.807, 2.05) is 25.2 Å². The van der Waals surface area contributed by atoms with E-state index >= 15 is 0 Å². The van der Waals surface area contributed by atoms with Gasteiger partial charge in [0.1, 0.15) is 18.1 Å². The van der Waals surface area contributed by atoms with Gasteiger partial charge in [0, 0.05) is 24.3 Å². The molecule has 0 aliphatic carbocycles. The molecule has 1 N–H and O–H groups in total. The summed E-state index contributed by atoms with van der Waals surface area (Å²) >= 11 is 0. The lowest BCUT2D eigenvalue weighted by Crippen LogP contribution is -2.15. The normalized spacial score (nSPS) is 12.5. The molecule has 0 saturated heterocycles. The van der Waals surface area contributed by atoms with Gasteiger partial charge in [0.25, 0.3) is 0 Å². The second-order valence-electron chi connectivity index (χ2n) is 5.23. The number of ether oxygens (including phenoxy) is 3. The van der Waals surface area contributed by atoms with Crippen LogP contribution >= 0.6 is 0 Å². The maximum absolute atomic E-state index is 5.84. The van der Waals surface area contributed by atoms with Gasteiger partial charge in [-0.15, -0.1) is 0 Å². The third kappa shape index (κ3) is 5.39. The molecule has 0 heterocycles. The molecule has 1 atom stereocenters. The Morgan fingerprint density at radius 2 is 1.90 bits per heavy atom. The maximum Gasteiger partial charge on any atom is 0.127 e. The number of hydrogen-bond donors (Lipinski definition) is 1. The van der Waals surface area contributed by atoms with Crippen molar-refractivity contribution in [3.05, 3.63) is 23.8 Å². The van der Waals surface area contributed by atoms with Gasteiger partial charge in [-0.1, -0.05) is 19.9 Å². The SMILES string of the molecule is CNC(C)c1ccc(OC)cc1OCCOCC(C)C. The van der Waals surface area contributed by atoms with Gasteiger partial charge < -0.3 is 19.5 Å². The molecule has 1 aromatic rings. The highest BCUT2D eigenvalue weighted by molar-refractivity contribution is 5.42. The van der Waals surface area contributed by atoms with Crippen LogP contribution in [0.4, 0.5) is 0 Å². The molecule has 0 aromatic heterocycles. The fourth-order valence-electron chi connectivity index (χ4n) is 1.81. The molecule has 0 aliphatic rings. The number of rotatable bonds is 9. The van der Waals surface area contributed by atoms with Crippen LogP contribution in [0.15, 0.2) is 18.2 Å². The lowest BCUT2D eigenvalue weighted by Gasteiger charge is -2.17. The second-order valence-corrected chi connectivity index (χ2v) is 5.23. The van der Waals surface area contributed by atoms with E-state index in [-0.39, 0.29) is 6.04 Å².